The monoisotopic (exact) mass is 441 g/mol. The van der Waals surface area contributed by atoms with Crippen LogP contribution in [0.15, 0.2) is 54.6 Å². The SMILES string of the molecule is CCCCOC(=O)c1ccc2c3cccc4c([N+](=O)[O-])ccc(c5ccc(C(=O)O)c1c52)c43. The van der Waals surface area contributed by atoms with Crippen molar-refractivity contribution in [2.24, 2.45) is 0 Å². The van der Waals surface area contributed by atoms with Crippen LogP contribution in [0.3, 0.4) is 0 Å². The van der Waals surface area contributed by atoms with Gasteiger partial charge in [-0.25, -0.2) is 9.59 Å². The highest BCUT2D eigenvalue weighted by molar-refractivity contribution is 6.36. The van der Waals surface area contributed by atoms with Gasteiger partial charge in [0.05, 0.1) is 28.0 Å². The molecule has 0 atom stereocenters. The van der Waals surface area contributed by atoms with Crippen molar-refractivity contribution >= 4 is 60.7 Å². The van der Waals surface area contributed by atoms with E-state index in [4.69, 9.17) is 4.74 Å². The van der Waals surface area contributed by atoms with E-state index in [-0.39, 0.29) is 23.4 Å². The van der Waals surface area contributed by atoms with E-state index in [0.29, 0.717) is 22.6 Å². The third-order valence-corrected chi connectivity index (χ3v) is 6.14. The Hall–Kier alpha value is -4.26. The first-order chi connectivity index (χ1) is 15.9. The summed E-state index contributed by atoms with van der Waals surface area (Å²) in [4.78, 5) is 36.2. The molecular weight excluding hydrogens is 422 g/mol. The van der Waals surface area contributed by atoms with Crippen LogP contribution in [0.4, 0.5) is 5.69 Å². The van der Waals surface area contributed by atoms with Gasteiger partial charge in [0, 0.05) is 16.8 Å². The van der Waals surface area contributed by atoms with Crippen LogP contribution < -0.4 is 0 Å². The molecule has 0 saturated heterocycles. The quantitative estimate of drug-likeness (QED) is 0.0827. The number of hydrogen-bond donors (Lipinski definition) is 1. The Labute approximate surface area is 187 Å². The lowest BCUT2D eigenvalue weighted by Gasteiger charge is -2.17. The summed E-state index contributed by atoms with van der Waals surface area (Å²) in [7, 11) is 0. The molecule has 164 valence electrons. The third kappa shape index (κ3) is 3.04. The predicted octanol–water partition coefficient (Wildman–Crippen LogP) is 6.30. The van der Waals surface area contributed by atoms with Crippen LogP contribution in [0.25, 0.3) is 43.1 Å². The maximum atomic E-state index is 12.9. The molecule has 0 heterocycles. The lowest BCUT2D eigenvalue weighted by Crippen LogP contribution is -2.10. The number of unbranched alkanes of at least 4 members (excludes halogenated alkanes) is 1. The first-order valence-electron chi connectivity index (χ1n) is 10.6. The maximum Gasteiger partial charge on any atom is 0.338 e. The van der Waals surface area contributed by atoms with E-state index in [1.807, 2.05) is 13.0 Å². The Morgan fingerprint density at radius 1 is 0.848 bits per heavy atom. The molecule has 0 aliphatic rings. The first kappa shape index (κ1) is 20.6. The van der Waals surface area contributed by atoms with Crippen molar-refractivity contribution in [2.75, 3.05) is 6.61 Å². The average molecular weight is 441 g/mol. The van der Waals surface area contributed by atoms with Gasteiger partial charge in [0.1, 0.15) is 0 Å². The van der Waals surface area contributed by atoms with Gasteiger partial charge in [-0.2, -0.15) is 0 Å². The van der Waals surface area contributed by atoms with E-state index >= 15 is 0 Å². The van der Waals surface area contributed by atoms with Crippen molar-refractivity contribution < 1.29 is 24.4 Å². The highest BCUT2D eigenvalue weighted by Crippen LogP contribution is 2.44. The fraction of sp³-hybridized carbons (Fsp3) is 0.154. The normalized spacial score (nSPS) is 11.5. The van der Waals surface area contributed by atoms with E-state index in [2.05, 4.69) is 0 Å². The summed E-state index contributed by atoms with van der Waals surface area (Å²) in [6, 6.07) is 15.0. The Morgan fingerprint density at radius 3 is 2.12 bits per heavy atom. The van der Waals surface area contributed by atoms with Gasteiger partial charge in [0.2, 0.25) is 0 Å². The summed E-state index contributed by atoms with van der Waals surface area (Å²) in [5.41, 5.74) is 0.214. The number of ether oxygens (including phenoxy) is 1. The van der Waals surface area contributed by atoms with Crippen molar-refractivity contribution in [1.29, 1.82) is 0 Å². The van der Waals surface area contributed by atoms with Gasteiger partial charge < -0.3 is 9.84 Å². The van der Waals surface area contributed by atoms with Gasteiger partial charge in [0.15, 0.2) is 0 Å². The number of nitro groups is 1. The molecule has 0 aliphatic carbocycles. The number of fused-ring (bicyclic) bond motifs is 2. The third-order valence-electron chi connectivity index (χ3n) is 6.14. The number of nitrogens with zero attached hydrogens (tertiary/aromatic N) is 1. The topological polar surface area (TPSA) is 107 Å². The van der Waals surface area contributed by atoms with E-state index in [9.17, 15) is 24.8 Å². The molecule has 0 radical (unpaired) electrons. The smallest absolute Gasteiger partial charge is 0.338 e. The minimum Gasteiger partial charge on any atom is -0.478 e. The molecule has 0 aromatic heterocycles. The zero-order chi connectivity index (χ0) is 23.3. The van der Waals surface area contributed by atoms with Gasteiger partial charge >= 0.3 is 11.9 Å². The lowest BCUT2D eigenvalue weighted by molar-refractivity contribution is -0.383. The van der Waals surface area contributed by atoms with Gasteiger partial charge in [-0.15, -0.1) is 0 Å². The summed E-state index contributed by atoms with van der Waals surface area (Å²) in [6.45, 7) is 2.24. The number of esters is 1. The highest BCUT2D eigenvalue weighted by atomic mass is 16.6. The molecule has 0 amide bonds. The lowest BCUT2D eigenvalue weighted by atomic mass is 9.86. The molecule has 0 fully saturated rings. The molecule has 5 aromatic carbocycles. The van der Waals surface area contributed by atoms with Crippen LogP contribution in [0, 0.1) is 10.1 Å². The zero-order valence-corrected chi connectivity index (χ0v) is 17.8. The molecule has 0 unspecified atom stereocenters. The van der Waals surface area contributed by atoms with Gasteiger partial charge in [-0.05, 0) is 57.6 Å². The number of benzene rings is 5. The first-order valence-corrected chi connectivity index (χ1v) is 10.6. The molecule has 0 aliphatic heterocycles. The summed E-state index contributed by atoms with van der Waals surface area (Å²) in [6.07, 6.45) is 1.58. The van der Waals surface area contributed by atoms with Crippen molar-refractivity contribution in [2.45, 2.75) is 19.8 Å². The van der Waals surface area contributed by atoms with Gasteiger partial charge in [0.25, 0.3) is 5.69 Å². The van der Waals surface area contributed by atoms with Crippen LogP contribution in [-0.4, -0.2) is 28.6 Å². The van der Waals surface area contributed by atoms with Crippen LogP contribution in [0.5, 0.6) is 0 Å². The van der Waals surface area contributed by atoms with E-state index in [0.717, 1.165) is 33.4 Å². The van der Waals surface area contributed by atoms with Crippen LogP contribution >= 0.6 is 0 Å². The largest absolute Gasteiger partial charge is 0.478 e. The Bertz CT molecular complexity index is 1580. The number of nitro benzene ring substituents is 1. The Morgan fingerprint density at radius 2 is 1.45 bits per heavy atom. The number of aromatic carboxylic acids is 1. The second-order valence-electron chi connectivity index (χ2n) is 7.98. The molecule has 0 bridgehead atoms. The van der Waals surface area contributed by atoms with Crippen LogP contribution in [-0.2, 0) is 4.74 Å². The molecule has 0 saturated carbocycles. The van der Waals surface area contributed by atoms with E-state index in [1.54, 1.807) is 36.4 Å². The molecule has 33 heavy (non-hydrogen) atoms. The number of rotatable bonds is 6. The number of carboxylic acid groups (broad SMARTS) is 1. The van der Waals surface area contributed by atoms with Crippen molar-refractivity contribution in [3.63, 3.8) is 0 Å². The molecule has 1 N–H and O–H groups in total. The molecule has 0 spiro atoms. The molecule has 7 nitrogen and oxygen atoms in total. The Kier molecular flexibility index (Phi) is 4.82. The number of hydrogen-bond acceptors (Lipinski definition) is 5. The second kappa shape index (κ2) is 7.70. The Balaban J connectivity index is 1.95. The van der Waals surface area contributed by atoms with E-state index < -0.39 is 16.9 Å². The summed E-state index contributed by atoms with van der Waals surface area (Å²) in [5.74, 6) is -1.71. The van der Waals surface area contributed by atoms with Crippen molar-refractivity contribution in [3.05, 3.63) is 75.8 Å². The minimum atomic E-state index is -1.14. The van der Waals surface area contributed by atoms with Gasteiger partial charge in [-0.3, -0.25) is 10.1 Å². The van der Waals surface area contributed by atoms with E-state index in [1.165, 1.54) is 12.1 Å². The fourth-order valence-electron chi connectivity index (χ4n) is 4.68. The summed E-state index contributed by atoms with van der Waals surface area (Å²) >= 11 is 0. The molecular formula is C26H19NO6. The minimum absolute atomic E-state index is 0.00794. The number of carboxylic acids is 1. The molecule has 5 rings (SSSR count). The average Bonchev–Trinajstić information content (AvgIpc) is 2.81. The zero-order valence-electron chi connectivity index (χ0n) is 17.8. The van der Waals surface area contributed by atoms with Crippen LogP contribution in [0.2, 0.25) is 0 Å². The molecule has 7 heteroatoms. The van der Waals surface area contributed by atoms with Crippen molar-refractivity contribution in [3.8, 4) is 0 Å². The van der Waals surface area contributed by atoms with Crippen molar-refractivity contribution in [1.82, 2.24) is 0 Å². The fourth-order valence-corrected chi connectivity index (χ4v) is 4.68. The predicted molar refractivity (Wildman–Crippen MR) is 126 cm³/mol. The van der Waals surface area contributed by atoms with Gasteiger partial charge in [-0.1, -0.05) is 37.6 Å². The van der Waals surface area contributed by atoms with Crippen LogP contribution in [0.1, 0.15) is 40.5 Å². The highest BCUT2D eigenvalue weighted by Gasteiger charge is 2.24. The summed E-state index contributed by atoms with van der Waals surface area (Å²) in [5, 5.41) is 26.7. The standard InChI is InChI=1S/C26H19NO6/c1-2-3-13-33-26(30)20-10-8-16-14-5-4-6-18-21(27(31)32)12-11-15(22(14)18)17-7-9-19(25(28)29)24(20)23(16)17/h4-12H,2-3,13H2,1H3,(H,28,29). The number of carbonyl (C=O) groups is 2. The summed E-state index contributed by atoms with van der Waals surface area (Å²) < 4.78 is 5.41. The number of carbonyl (C=O) groups excluding carboxylic acids is 1. The maximum absolute atomic E-state index is 12.9. The number of non-ortho nitro benzene ring substituents is 1. The second-order valence-corrected chi connectivity index (χ2v) is 7.98. The molecule has 5 aromatic rings.